The van der Waals surface area contributed by atoms with E-state index in [0.29, 0.717) is 17.8 Å². The van der Waals surface area contributed by atoms with E-state index in [4.69, 9.17) is 0 Å². The Balaban J connectivity index is 1.76. The van der Waals surface area contributed by atoms with Crippen molar-refractivity contribution in [3.63, 3.8) is 0 Å². The standard InChI is InChI=1S/C14H15N3O3S2/c1-22(19,20)11-4-7-17(9-11)14(18)12-8-16-13(21-12)10-2-5-15-6-3-10/h2-3,5-6,8,11H,4,7,9H2,1H3. The lowest BCUT2D eigenvalue weighted by Gasteiger charge is -2.14. The number of thiazole rings is 1. The largest absolute Gasteiger partial charge is 0.337 e. The third-order valence-electron chi connectivity index (χ3n) is 3.68. The molecule has 1 aliphatic heterocycles. The molecule has 0 N–H and O–H groups in total. The zero-order valence-corrected chi connectivity index (χ0v) is 13.6. The topological polar surface area (TPSA) is 80.2 Å². The van der Waals surface area contributed by atoms with Crippen LogP contribution in [-0.2, 0) is 9.84 Å². The minimum Gasteiger partial charge on any atom is -0.337 e. The number of nitrogens with zero attached hydrogens (tertiary/aromatic N) is 3. The van der Waals surface area contributed by atoms with Gasteiger partial charge in [0.15, 0.2) is 9.84 Å². The maximum atomic E-state index is 12.5. The molecule has 0 spiro atoms. The van der Waals surface area contributed by atoms with Gasteiger partial charge in [0.05, 0.1) is 11.4 Å². The molecule has 2 aromatic rings. The second-order valence-corrected chi connectivity index (χ2v) is 8.61. The van der Waals surface area contributed by atoms with Crippen molar-refractivity contribution in [1.82, 2.24) is 14.9 Å². The average molecular weight is 337 g/mol. The summed E-state index contributed by atoms with van der Waals surface area (Å²) in [6.07, 6.45) is 6.63. The number of carbonyl (C=O) groups is 1. The van der Waals surface area contributed by atoms with Crippen LogP contribution in [0.5, 0.6) is 0 Å². The number of hydrogen-bond acceptors (Lipinski definition) is 6. The van der Waals surface area contributed by atoms with Crippen molar-refractivity contribution in [2.45, 2.75) is 11.7 Å². The fourth-order valence-electron chi connectivity index (χ4n) is 2.42. The van der Waals surface area contributed by atoms with Crippen molar-refractivity contribution in [2.24, 2.45) is 0 Å². The molecule has 0 bridgehead atoms. The Morgan fingerprint density at radius 2 is 2.09 bits per heavy atom. The first-order chi connectivity index (χ1) is 10.4. The maximum Gasteiger partial charge on any atom is 0.265 e. The Morgan fingerprint density at radius 3 is 2.73 bits per heavy atom. The maximum absolute atomic E-state index is 12.5. The predicted molar refractivity (Wildman–Crippen MR) is 84.5 cm³/mol. The fraction of sp³-hybridized carbons (Fsp3) is 0.357. The molecule has 3 rings (SSSR count). The second-order valence-electron chi connectivity index (χ2n) is 5.26. The molecule has 116 valence electrons. The van der Waals surface area contributed by atoms with Crippen LogP contribution in [0.3, 0.4) is 0 Å². The van der Waals surface area contributed by atoms with Crippen LogP contribution in [0, 0.1) is 0 Å². The van der Waals surface area contributed by atoms with Crippen molar-refractivity contribution in [3.05, 3.63) is 35.6 Å². The van der Waals surface area contributed by atoms with Gasteiger partial charge in [-0.3, -0.25) is 9.78 Å². The number of likely N-dealkylation sites (tertiary alicyclic amines) is 1. The molecule has 0 aromatic carbocycles. The van der Waals surface area contributed by atoms with Crippen molar-refractivity contribution < 1.29 is 13.2 Å². The lowest BCUT2D eigenvalue weighted by molar-refractivity contribution is 0.0797. The van der Waals surface area contributed by atoms with Crippen LogP contribution < -0.4 is 0 Å². The fourth-order valence-corrected chi connectivity index (χ4v) is 4.29. The smallest absolute Gasteiger partial charge is 0.265 e. The highest BCUT2D eigenvalue weighted by molar-refractivity contribution is 7.91. The van der Waals surface area contributed by atoms with Gasteiger partial charge < -0.3 is 4.90 Å². The normalized spacial score (nSPS) is 18.6. The number of amides is 1. The summed E-state index contributed by atoms with van der Waals surface area (Å²) in [4.78, 5) is 22.8. The molecule has 6 nitrogen and oxygen atoms in total. The minimum absolute atomic E-state index is 0.149. The van der Waals surface area contributed by atoms with Gasteiger partial charge in [-0.25, -0.2) is 13.4 Å². The summed E-state index contributed by atoms with van der Waals surface area (Å²) in [7, 11) is -3.10. The van der Waals surface area contributed by atoms with Gasteiger partial charge in [0, 0.05) is 37.3 Å². The van der Waals surface area contributed by atoms with Crippen LogP contribution in [0.15, 0.2) is 30.7 Å². The molecule has 0 aliphatic carbocycles. The first-order valence-electron chi connectivity index (χ1n) is 6.79. The van der Waals surface area contributed by atoms with Gasteiger partial charge in [-0.15, -0.1) is 11.3 Å². The molecule has 1 amide bonds. The molecule has 1 fully saturated rings. The summed E-state index contributed by atoms with van der Waals surface area (Å²) in [5.74, 6) is -0.149. The van der Waals surface area contributed by atoms with E-state index in [2.05, 4.69) is 9.97 Å². The number of carbonyl (C=O) groups excluding carboxylic acids is 1. The third kappa shape index (κ3) is 3.02. The van der Waals surface area contributed by atoms with Crippen LogP contribution >= 0.6 is 11.3 Å². The van der Waals surface area contributed by atoms with Gasteiger partial charge in [0.2, 0.25) is 0 Å². The van der Waals surface area contributed by atoms with E-state index in [1.807, 2.05) is 12.1 Å². The molecule has 0 radical (unpaired) electrons. The number of aromatic nitrogens is 2. The molecule has 1 aliphatic rings. The Morgan fingerprint density at radius 1 is 1.36 bits per heavy atom. The summed E-state index contributed by atoms with van der Waals surface area (Å²) in [6.45, 7) is 0.735. The number of pyridine rings is 1. The Bertz CT molecular complexity index is 787. The molecular formula is C14H15N3O3S2. The molecule has 2 aromatic heterocycles. The van der Waals surface area contributed by atoms with Gasteiger partial charge in [-0.2, -0.15) is 0 Å². The molecule has 1 atom stereocenters. The summed E-state index contributed by atoms with van der Waals surface area (Å²) in [5, 5.41) is 0.300. The molecule has 0 saturated carbocycles. The molecule has 1 saturated heterocycles. The van der Waals surface area contributed by atoms with Crippen molar-refractivity contribution in [1.29, 1.82) is 0 Å². The Kier molecular flexibility index (Phi) is 3.96. The molecule has 22 heavy (non-hydrogen) atoms. The van der Waals surface area contributed by atoms with Gasteiger partial charge in [-0.05, 0) is 18.6 Å². The molecule has 3 heterocycles. The van der Waals surface area contributed by atoms with Gasteiger partial charge in [0.1, 0.15) is 9.88 Å². The lowest BCUT2D eigenvalue weighted by atomic mass is 10.3. The van der Waals surface area contributed by atoms with Crippen LogP contribution in [0.1, 0.15) is 16.1 Å². The third-order valence-corrected chi connectivity index (χ3v) is 6.31. The molecular weight excluding hydrogens is 322 g/mol. The van der Waals surface area contributed by atoms with E-state index in [0.717, 1.165) is 10.6 Å². The van der Waals surface area contributed by atoms with Crippen LogP contribution in [0.4, 0.5) is 0 Å². The quantitative estimate of drug-likeness (QED) is 0.847. The van der Waals surface area contributed by atoms with Crippen molar-refractivity contribution in [2.75, 3.05) is 19.3 Å². The highest BCUT2D eigenvalue weighted by Crippen LogP contribution is 2.27. The monoisotopic (exact) mass is 337 g/mol. The highest BCUT2D eigenvalue weighted by Gasteiger charge is 2.33. The number of hydrogen-bond donors (Lipinski definition) is 0. The minimum atomic E-state index is -3.10. The summed E-state index contributed by atoms with van der Waals surface area (Å²) in [6, 6.07) is 3.67. The van der Waals surface area contributed by atoms with Crippen molar-refractivity contribution >= 4 is 27.1 Å². The number of rotatable bonds is 3. The van der Waals surface area contributed by atoms with E-state index in [1.54, 1.807) is 23.5 Å². The first kappa shape index (κ1) is 15.1. The van der Waals surface area contributed by atoms with Crippen LogP contribution in [0.2, 0.25) is 0 Å². The van der Waals surface area contributed by atoms with Crippen LogP contribution in [-0.4, -0.2) is 53.8 Å². The van der Waals surface area contributed by atoms with E-state index in [-0.39, 0.29) is 12.5 Å². The Hall–Kier alpha value is -1.80. The summed E-state index contributed by atoms with van der Waals surface area (Å²) >= 11 is 1.31. The zero-order chi connectivity index (χ0) is 15.7. The lowest BCUT2D eigenvalue weighted by Crippen LogP contribution is -2.31. The van der Waals surface area contributed by atoms with Crippen molar-refractivity contribution in [3.8, 4) is 10.6 Å². The summed E-state index contributed by atoms with van der Waals surface area (Å²) in [5.41, 5.74) is 0.912. The average Bonchev–Trinajstić information content (AvgIpc) is 3.16. The van der Waals surface area contributed by atoms with E-state index in [1.165, 1.54) is 17.6 Å². The Labute approximate surface area is 132 Å². The van der Waals surface area contributed by atoms with Gasteiger partial charge in [-0.1, -0.05) is 0 Å². The second kappa shape index (κ2) is 5.77. The SMILES string of the molecule is CS(=O)(=O)C1CCN(C(=O)c2cnc(-c3ccncc3)s2)C1. The number of sulfone groups is 1. The first-order valence-corrected chi connectivity index (χ1v) is 9.56. The van der Waals surface area contributed by atoms with Gasteiger partial charge in [0.25, 0.3) is 5.91 Å². The highest BCUT2D eigenvalue weighted by atomic mass is 32.2. The van der Waals surface area contributed by atoms with E-state index >= 15 is 0 Å². The summed E-state index contributed by atoms with van der Waals surface area (Å²) < 4.78 is 23.1. The molecule has 8 heteroatoms. The molecule has 1 unspecified atom stereocenters. The zero-order valence-electron chi connectivity index (χ0n) is 12.0. The van der Waals surface area contributed by atoms with E-state index in [9.17, 15) is 13.2 Å². The van der Waals surface area contributed by atoms with E-state index < -0.39 is 15.1 Å². The van der Waals surface area contributed by atoms with Crippen LogP contribution in [0.25, 0.3) is 10.6 Å². The van der Waals surface area contributed by atoms with Gasteiger partial charge >= 0.3 is 0 Å². The predicted octanol–water partition coefficient (Wildman–Crippen LogP) is 1.46.